The Bertz CT molecular complexity index is 142. The van der Waals surface area contributed by atoms with Crippen LogP contribution in [0.3, 0.4) is 0 Å². The number of pyridine rings is 1. The summed E-state index contributed by atoms with van der Waals surface area (Å²) in [5.41, 5.74) is 0. The van der Waals surface area contributed by atoms with Crippen LogP contribution in [0.25, 0.3) is 0 Å². The molecule has 0 radical (unpaired) electrons. The maximum atomic E-state index is 5.48. The SMILES string of the molecule is Clc1cccc[nH+]1.[Cl-].[Cl-]. The van der Waals surface area contributed by atoms with Gasteiger partial charge in [-0.2, -0.15) is 0 Å². The van der Waals surface area contributed by atoms with Crippen LogP contribution in [0, 0.1) is 0 Å². The number of hydrogen-bond donors (Lipinski definition) is 0. The monoisotopic (exact) mass is 184 g/mol. The number of aromatic nitrogens is 1. The summed E-state index contributed by atoms with van der Waals surface area (Å²) < 4.78 is 0. The first-order valence-corrected chi connectivity index (χ1v) is 2.39. The summed E-state index contributed by atoms with van der Waals surface area (Å²) in [6, 6.07) is 5.55. The van der Waals surface area contributed by atoms with Crippen LogP contribution in [0.5, 0.6) is 0 Å². The third kappa shape index (κ3) is 4.52. The number of halogens is 3. The first-order valence-electron chi connectivity index (χ1n) is 2.02. The number of aromatic amines is 1. The molecule has 0 aliphatic carbocycles. The van der Waals surface area contributed by atoms with Gasteiger partial charge in [-0.1, -0.05) is 0 Å². The summed E-state index contributed by atoms with van der Waals surface area (Å²) >= 11 is 5.48. The van der Waals surface area contributed by atoms with E-state index in [0.717, 1.165) is 0 Å². The van der Waals surface area contributed by atoms with Crippen LogP contribution in [0.2, 0.25) is 5.15 Å². The highest BCUT2D eigenvalue weighted by atomic mass is 35.5. The molecule has 1 aromatic heterocycles. The molecule has 0 amide bonds. The van der Waals surface area contributed by atoms with Crippen molar-refractivity contribution < 1.29 is 29.8 Å². The largest absolute Gasteiger partial charge is 1.00 e. The minimum atomic E-state index is 0. The first-order chi connectivity index (χ1) is 3.39. The third-order valence-corrected chi connectivity index (χ3v) is 0.906. The summed E-state index contributed by atoms with van der Waals surface area (Å²) in [4.78, 5) is 2.80. The lowest BCUT2D eigenvalue weighted by Gasteiger charge is -1.71. The van der Waals surface area contributed by atoms with Crippen LogP contribution in [-0.2, 0) is 0 Å². The lowest BCUT2D eigenvalue weighted by atomic mass is 10.5. The van der Waals surface area contributed by atoms with Gasteiger partial charge in [-0.15, -0.1) is 0 Å². The van der Waals surface area contributed by atoms with E-state index in [0.29, 0.717) is 5.15 Å². The van der Waals surface area contributed by atoms with Gasteiger partial charge in [0.05, 0.1) is 0 Å². The molecule has 0 atom stereocenters. The Morgan fingerprint density at radius 1 is 1.22 bits per heavy atom. The van der Waals surface area contributed by atoms with E-state index in [-0.39, 0.29) is 24.8 Å². The Kier molecular flexibility index (Phi) is 8.04. The predicted octanol–water partition coefficient (Wildman–Crippen LogP) is -4.84. The van der Waals surface area contributed by atoms with E-state index in [4.69, 9.17) is 11.6 Å². The molecule has 0 aromatic carbocycles. The van der Waals surface area contributed by atoms with Gasteiger partial charge < -0.3 is 24.8 Å². The number of hydrogen-bond acceptors (Lipinski definition) is 0. The van der Waals surface area contributed by atoms with Crippen LogP contribution >= 0.6 is 11.6 Å². The average Bonchev–Trinajstić information content (AvgIpc) is 1.69. The van der Waals surface area contributed by atoms with Gasteiger partial charge in [0.2, 0.25) is 0 Å². The van der Waals surface area contributed by atoms with E-state index in [1.54, 1.807) is 12.3 Å². The quantitative estimate of drug-likeness (QED) is 0.360. The zero-order valence-corrected chi connectivity index (χ0v) is 6.71. The number of nitrogens with one attached hydrogen (secondary N) is 1. The summed E-state index contributed by atoms with van der Waals surface area (Å²) in [7, 11) is 0. The van der Waals surface area contributed by atoms with E-state index in [1.165, 1.54) is 0 Å². The van der Waals surface area contributed by atoms with E-state index < -0.39 is 0 Å². The van der Waals surface area contributed by atoms with Crippen molar-refractivity contribution in [1.82, 2.24) is 0 Å². The molecule has 1 rings (SSSR count). The fourth-order valence-corrected chi connectivity index (χ4v) is 0.507. The fraction of sp³-hybridized carbons (Fsp3) is 0. The molecule has 1 aromatic rings. The van der Waals surface area contributed by atoms with Gasteiger partial charge >= 0.3 is 0 Å². The maximum Gasteiger partial charge on any atom is 0.273 e. The molecule has 9 heavy (non-hydrogen) atoms. The van der Waals surface area contributed by atoms with E-state index in [2.05, 4.69) is 4.98 Å². The molecule has 0 unspecified atom stereocenters. The average molecular weight is 185 g/mol. The highest BCUT2D eigenvalue weighted by Crippen LogP contribution is 1.93. The van der Waals surface area contributed by atoms with Crippen molar-refractivity contribution in [3.63, 3.8) is 0 Å². The van der Waals surface area contributed by atoms with Gasteiger partial charge in [-0.3, -0.25) is 0 Å². The Labute approximate surface area is 71.3 Å². The molecule has 1 nitrogen and oxygen atoms in total. The third-order valence-electron chi connectivity index (χ3n) is 0.671. The predicted molar refractivity (Wildman–Crippen MR) is 28.0 cm³/mol. The van der Waals surface area contributed by atoms with Crippen LogP contribution in [0.4, 0.5) is 0 Å². The molecule has 0 spiro atoms. The zero-order valence-electron chi connectivity index (χ0n) is 4.44. The molecule has 0 aliphatic rings. The molecular formula is C5H5Cl3N-. The van der Waals surface area contributed by atoms with Crippen LogP contribution in [0.15, 0.2) is 24.4 Å². The van der Waals surface area contributed by atoms with Crippen molar-refractivity contribution in [2.45, 2.75) is 0 Å². The van der Waals surface area contributed by atoms with Gasteiger partial charge in [0, 0.05) is 12.1 Å². The molecule has 0 aliphatic heterocycles. The van der Waals surface area contributed by atoms with Crippen molar-refractivity contribution in [2.24, 2.45) is 0 Å². The molecule has 0 bridgehead atoms. The lowest BCUT2D eigenvalue weighted by Crippen LogP contribution is -3.00. The lowest BCUT2D eigenvalue weighted by molar-refractivity contribution is -0.375. The summed E-state index contributed by atoms with van der Waals surface area (Å²) in [5, 5.41) is 0.669. The van der Waals surface area contributed by atoms with Crippen LogP contribution < -0.4 is 29.8 Å². The molecule has 52 valence electrons. The summed E-state index contributed by atoms with van der Waals surface area (Å²) in [6.45, 7) is 0. The van der Waals surface area contributed by atoms with Crippen molar-refractivity contribution >= 4 is 11.6 Å². The second kappa shape index (κ2) is 6.14. The minimum Gasteiger partial charge on any atom is -1.00 e. The normalized spacial score (nSPS) is 6.78. The Hall–Kier alpha value is 0.0200. The number of rotatable bonds is 0. The van der Waals surface area contributed by atoms with Gasteiger partial charge in [0.1, 0.15) is 0 Å². The van der Waals surface area contributed by atoms with Crippen molar-refractivity contribution in [1.29, 1.82) is 0 Å². The Morgan fingerprint density at radius 2 is 1.89 bits per heavy atom. The zero-order chi connectivity index (χ0) is 5.11. The number of H-pyrrole nitrogens is 1. The van der Waals surface area contributed by atoms with Crippen LogP contribution in [0.1, 0.15) is 0 Å². The fourth-order valence-electron chi connectivity index (χ4n) is 0.371. The molecule has 0 fully saturated rings. The molecular weight excluding hydrogens is 180 g/mol. The molecule has 1 heterocycles. The van der Waals surface area contributed by atoms with E-state index in [1.807, 2.05) is 12.1 Å². The van der Waals surface area contributed by atoms with Gasteiger partial charge in [-0.25, -0.2) is 4.98 Å². The van der Waals surface area contributed by atoms with Gasteiger partial charge in [0.15, 0.2) is 6.20 Å². The first kappa shape index (κ1) is 11.8. The molecule has 4 heteroatoms. The standard InChI is InChI=1S/C5H4ClN.2ClH/c6-5-3-1-2-4-7-5;;/h1-4H;2*1H/p-1. The van der Waals surface area contributed by atoms with Gasteiger partial charge in [-0.05, 0) is 17.7 Å². The maximum absolute atomic E-state index is 5.48. The smallest absolute Gasteiger partial charge is 0.273 e. The summed E-state index contributed by atoms with van der Waals surface area (Å²) in [6.07, 6.45) is 1.78. The Morgan fingerprint density at radius 3 is 2.11 bits per heavy atom. The van der Waals surface area contributed by atoms with Crippen molar-refractivity contribution in [3.8, 4) is 0 Å². The second-order valence-corrected chi connectivity index (χ2v) is 1.62. The van der Waals surface area contributed by atoms with Crippen LogP contribution in [-0.4, -0.2) is 0 Å². The molecule has 1 N–H and O–H groups in total. The Balaban J connectivity index is 0. The molecule has 0 saturated heterocycles. The minimum absolute atomic E-state index is 0. The van der Waals surface area contributed by atoms with Crippen molar-refractivity contribution in [2.75, 3.05) is 0 Å². The summed E-state index contributed by atoms with van der Waals surface area (Å²) in [5.74, 6) is 0. The second-order valence-electron chi connectivity index (χ2n) is 1.21. The topological polar surface area (TPSA) is 14.1 Å². The van der Waals surface area contributed by atoms with Gasteiger partial charge in [0.25, 0.3) is 5.15 Å². The molecule has 0 saturated carbocycles. The van der Waals surface area contributed by atoms with Crippen molar-refractivity contribution in [3.05, 3.63) is 29.5 Å². The van der Waals surface area contributed by atoms with E-state index in [9.17, 15) is 0 Å². The highest BCUT2D eigenvalue weighted by Gasteiger charge is 1.85. The highest BCUT2D eigenvalue weighted by molar-refractivity contribution is 6.28. The van der Waals surface area contributed by atoms with E-state index >= 15 is 0 Å².